The van der Waals surface area contributed by atoms with Crippen LogP contribution in [0.4, 0.5) is 15.8 Å². The number of hydrogen-bond acceptors (Lipinski definition) is 3. The Morgan fingerprint density at radius 1 is 1.27 bits per heavy atom. The van der Waals surface area contributed by atoms with Crippen LogP contribution in [0.15, 0.2) is 30.6 Å². The number of amides is 1. The van der Waals surface area contributed by atoms with Crippen molar-refractivity contribution in [3.05, 3.63) is 42.0 Å². The highest BCUT2D eigenvalue weighted by atomic mass is 19.1. The zero-order chi connectivity index (χ0) is 15.7. The third kappa shape index (κ3) is 2.81. The number of fused-ring (bicyclic) bond motifs is 1. The number of aryl methyl sites for hydroxylation is 1. The molecule has 0 atom stereocenters. The predicted molar refractivity (Wildman–Crippen MR) is 83.6 cm³/mol. The number of carbonyl (C=O) groups is 1. The zero-order valence-electron chi connectivity index (χ0n) is 12.8. The van der Waals surface area contributed by atoms with Crippen LogP contribution < -0.4 is 9.80 Å². The second-order valence-corrected chi connectivity index (χ2v) is 5.60. The van der Waals surface area contributed by atoms with Gasteiger partial charge in [-0.3, -0.25) is 9.48 Å². The standard InChI is InChI=1S/C16H19FN4O/c1-19-11-12(10-18-19)5-7-21-8-6-16(22)20(2)15-9-13(17)3-4-14(15)21/h3-4,9-11H,5-8H2,1-2H3. The molecule has 1 aliphatic heterocycles. The summed E-state index contributed by atoms with van der Waals surface area (Å²) >= 11 is 0. The number of carbonyl (C=O) groups excluding carboxylic acids is 1. The van der Waals surface area contributed by atoms with E-state index < -0.39 is 0 Å². The number of benzene rings is 1. The van der Waals surface area contributed by atoms with Crippen molar-refractivity contribution < 1.29 is 9.18 Å². The number of halogens is 1. The van der Waals surface area contributed by atoms with E-state index in [4.69, 9.17) is 0 Å². The molecule has 0 bridgehead atoms. The number of rotatable bonds is 3. The van der Waals surface area contributed by atoms with Gasteiger partial charge in [0.1, 0.15) is 5.82 Å². The Morgan fingerprint density at radius 3 is 2.82 bits per heavy atom. The van der Waals surface area contributed by atoms with E-state index in [-0.39, 0.29) is 11.7 Å². The average molecular weight is 302 g/mol. The first kappa shape index (κ1) is 14.6. The maximum Gasteiger partial charge on any atom is 0.228 e. The summed E-state index contributed by atoms with van der Waals surface area (Å²) in [7, 11) is 3.59. The lowest BCUT2D eigenvalue weighted by Crippen LogP contribution is -2.27. The van der Waals surface area contributed by atoms with Crippen LogP contribution in [-0.4, -0.2) is 35.8 Å². The molecule has 0 saturated heterocycles. The summed E-state index contributed by atoms with van der Waals surface area (Å²) < 4.78 is 15.3. The molecule has 1 amide bonds. The van der Waals surface area contributed by atoms with Gasteiger partial charge in [-0.1, -0.05) is 0 Å². The third-order valence-electron chi connectivity index (χ3n) is 4.04. The van der Waals surface area contributed by atoms with Crippen LogP contribution in [0.2, 0.25) is 0 Å². The molecule has 3 rings (SSSR count). The first-order valence-electron chi connectivity index (χ1n) is 7.33. The fourth-order valence-corrected chi connectivity index (χ4v) is 2.78. The number of nitrogens with zero attached hydrogens (tertiary/aromatic N) is 4. The molecule has 0 N–H and O–H groups in total. The van der Waals surface area contributed by atoms with Crippen molar-refractivity contribution in [2.75, 3.05) is 29.9 Å². The van der Waals surface area contributed by atoms with E-state index in [1.54, 1.807) is 22.7 Å². The molecule has 2 aromatic rings. The third-order valence-corrected chi connectivity index (χ3v) is 4.04. The van der Waals surface area contributed by atoms with E-state index in [0.717, 1.165) is 24.2 Å². The molecule has 6 heteroatoms. The van der Waals surface area contributed by atoms with Crippen LogP contribution in [0.1, 0.15) is 12.0 Å². The Kier molecular flexibility index (Phi) is 3.83. The molecular weight excluding hydrogens is 283 g/mol. The quantitative estimate of drug-likeness (QED) is 0.870. The summed E-state index contributed by atoms with van der Waals surface area (Å²) in [6.07, 6.45) is 5.10. The van der Waals surface area contributed by atoms with Gasteiger partial charge >= 0.3 is 0 Å². The highest BCUT2D eigenvalue weighted by Gasteiger charge is 2.23. The molecule has 5 nitrogen and oxygen atoms in total. The summed E-state index contributed by atoms with van der Waals surface area (Å²) in [5, 5.41) is 4.17. The van der Waals surface area contributed by atoms with Crippen LogP contribution in [-0.2, 0) is 18.3 Å². The Morgan fingerprint density at radius 2 is 2.09 bits per heavy atom. The van der Waals surface area contributed by atoms with Gasteiger partial charge in [0.25, 0.3) is 0 Å². The summed E-state index contributed by atoms with van der Waals surface area (Å²) in [6, 6.07) is 4.62. The number of aromatic nitrogens is 2. The first-order chi connectivity index (χ1) is 10.5. The lowest BCUT2D eigenvalue weighted by molar-refractivity contribution is -0.118. The largest absolute Gasteiger partial charge is 0.369 e. The van der Waals surface area contributed by atoms with Gasteiger partial charge in [-0.15, -0.1) is 0 Å². The van der Waals surface area contributed by atoms with E-state index in [0.29, 0.717) is 18.7 Å². The summed E-state index contributed by atoms with van der Waals surface area (Å²) in [4.78, 5) is 15.8. The van der Waals surface area contributed by atoms with E-state index in [1.165, 1.54) is 12.1 Å². The normalized spacial score (nSPS) is 15.0. The minimum absolute atomic E-state index is 0.00993. The highest BCUT2D eigenvalue weighted by Crippen LogP contribution is 2.32. The minimum Gasteiger partial charge on any atom is -0.369 e. The van der Waals surface area contributed by atoms with Crippen molar-refractivity contribution >= 4 is 17.3 Å². The van der Waals surface area contributed by atoms with Crippen LogP contribution in [0.5, 0.6) is 0 Å². The molecule has 1 aromatic carbocycles. The van der Waals surface area contributed by atoms with Crippen molar-refractivity contribution in [1.29, 1.82) is 0 Å². The molecule has 116 valence electrons. The summed E-state index contributed by atoms with van der Waals surface area (Å²) in [6.45, 7) is 1.41. The van der Waals surface area contributed by atoms with Crippen molar-refractivity contribution in [3.8, 4) is 0 Å². The van der Waals surface area contributed by atoms with E-state index in [9.17, 15) is 9.18 Å². The topological polar surface area (TPSA) is 41.4 Å². The van der Waals surface area contributed by atoms with Gasteiger partial charge in [0.15, 0.2) is 0 Å². The fourth-order valence-electron chi connectivity index (χ4n) is 2.78. The maximum absolute atomic E-state index is 13.5. The second kappa shape index (κ2) is 5.79. The van der Waals surface area contributed by atoms with Crippen LogP contribution in [0.25, 0.3) is 0 Å². The lowest BCUT2D eigenvalue weighted by atomic mass is 10.2. The Hall–Kier alpha value is -2.37. The lowest BCUT2D eigenvalue weighted by Gasteiger charge is -2.25. The molecule has 0 spiro atoms. The van der Waals surface area contributed by atoms with E-state index in [2.05, 4.69) is 10.00 Å². The molecule has 0 radical (unpaired) electrons. The van der Waals surface area contributed by atoms with Gasteiger partial charge in [0.2, 0.25) is 5.91 Å². The van der Waals surface area contributed by atoms with Crippen LogP contribution >= 0.6 is 0 Å². The molecule has 22 heavy (non-hydrogen) atoms. The van der Waals surface area contributed by atoms with Crippen molar-refractivity contribution in [2.45, 2.75) is 12.8 Å². The fraction of sp³-hybridized carbons (Fsp3) is 0.375. The van der Waals surface area contributed by atoms with E-state index in [1.807, 2.05) is 19.4 Å². The molecule has 0 saturated carbocycles. The van der Waals surface area contributed by atoms with Crippen molar-refractivity contribution in [3.63, 3.8) is 0 Å². The monoisotopic (exact) mass is 302 g/mol. The molecule has 0 unspecified atom stereocenters. The minimum atomic E-state index is -0.326. The summed E-state index contributed by atoms with van der Waals surface area (Å²) in [5.74, 6) is -0.316. The molecule has 0 aliphatic carbocycles. The van der Waals surface area contributed by atoms with Crippen molar-refractivity contribution in [2.24, 2.45) is 7.05 Å². The van der Waals surface area contributed by atoms with Crippen LogP contribution in [0.3, 0.4) is 0 Å². The Labute approximate surface area is 128 Å². The zero-order valence-corrected chi connectivity index (χ0v) is 12.8. The van der Waals surface area contributed by atoms with Gasteiger partial charge in [-0.05, 0) is 30.2 Å². The Balaban J connectivity index is 1.85. The molecule has 1 aliphatic rings. The van der Waals surface area contributed by atoms with Gasteiger partial charge in [-0.2, -0.15) is 5.10 Å². The second-order valence-electron chi connectivity index (χ2n) is 5.60. The number of anilines is 2. The molecular formula is C16H19FN4O. The number of hydrogen-bond donors (Lipinski definition) is 0. The molecule has 1 aromatic heterocycles. The molecule has 2 heterocycles. The van der Waals surface area contributed by atoms with Gasteiger partial charge in [0.05, 0.1) is 17.6 Å². The Bertz CT molecular complexity index is 697. The van der Waals surface area contributed by atoms with Gasteiger partial charge < -0.3 is 9.80 Å². The maximum atomic E-state index is 13.5. The average Bonchev–Trinajstić information content (AvgIpc) is 2.87. The highest BCUT2D eigenvalue weighted by molar-refractivity contribution is 5.98. The molecule has 0 fully saturated rings. The van der Waals surface area contributed by atoms with E-state index >= 15 is 0 Å². The van der Waals surface area contributed by atoms with Crippen molar-refractivity contribution in [1.82, 2.24) is 9.78 Å². The van der Waals surface area contributed by atoms with Gasteiger partial charge in [0, 0.05) is 39.8 Å². The summed E-state index contributed by atoms with van der Waals surface area (Å²) in [5.41, 5.74) is 2.68. The van der Waals surface area contributed by atoms with Gasteiger partial charge in [-0.25, -0.2) is 4.39 Å². The predicted octanol–water partition coefficient (Wildman–Crippen LogP) is 1.97. The first-order valence-corrected chi connectivity index (χ1v) is 7.33. The SMILES string of the molecule is CN1C(=O)CCN(CCc2cnn(C)c2)c2ccc(F)cc21. The van der Waals surface area contributed by atoms with Crippen LogP contribution in [0, 0.1) is 5.82 Å². The smallest absolute Gasteiger partial charge is 0.228 e.